The van der Waals surface area contributed by atoms with Crippen LogP contribution in [0.4, 0.5) is 0 Å². The molecule has 0 saturated carbocycles. The first-order chi connectivity index (χ1) is 24.1. The van der Waals surface area contributed by atoms with Crippen molar-refractivity contribution in [2.75, 3.05) is 0 Å². The minimum absolute atomic E-state index is 0.168. The Morgan fingerprint density at radius 1 is 0.776 bits per heavy atom. The molecule has 1 aliphatic rings. The van der Waals surface area contributed by atoms with Crippen LogP contribution in [0.5, 0.6) is 0 Å². The first-order valence-electron chi connectivity index (χ1n) is 17.0. The number of pyridine rings is 2. The van der Waals surface area contributed by atoms with Crippen molar-refractivity contribution in [3.63, 3.8) is 0 Å². The van der Waals surface area contributed by atoms with Gasteiger partial charge in [0.25, 0.3) is 0 Å². The molecule has 0 spiro atoms. The summed E-state index contributed by atoms with van der Waals surface area (Å²) in [5, 5.41) is 2.23. The summed E-state index contributed by atoms with van der Waals surface area (Å²) in [7, 11) is 0. The number of hydrogen-bond acceptors (Lipinski definition) is 4. The van der Waals surface area contributed by atoms with Gasteiger partial charge in [-0.3, -0.25) is 9.97 Å². The molecule has 0 amide bonds. The smallest absolute Gasteiger partial charge is 0.160 e. The molecular weight excluding hydrogens is 597 g/mol. The standard InChI is InChI=1S/C45H38N4/c1-5-9-14-30(6-2)41-29-42(33-15-11-10-12-16-33)49-45(48-41)36-18-13-17-35(27-36)31-19-21-32(22-20-31)40-28-38(8-4)47-44-39(40)26-24-34-23-25-37(7-3)46-43(34)44/h2,5,9-15,17-29,33H,7-8,16H2,1,3-4H3/b9-5-,30-14+. The van der Waals surface area contributed by atoms with Crippen molar-refractivity contribution in [1.29, 1.82) is 0 Å². The fourth-order valence-electron chi connectivity index (χ4n) is 6.38. The number of hydrogen-bond donors (Lipinski definition) is 0. The van der Waals surface area contributed by atoms with Crippen molar-refractivity contribution in [2.24, 2.45) is 0 Å². The van der Waals surface area contributed by atoms with Crippen molar-refractivity contribution in [2.45, 2.75) is 46.0 Å². The van der Waals surface area contributed by atoms with Gasteiger partial charge in [-0.2, -0.15) is 0 Å². The van der Waals surface area contributed by atoms with Crippen LogP contribution in [0.15, 0.2) is 127 Å². The van der Waals surface area contributed by atoms with Gasteiger partial charge in [-0.25, -0.2) is 9.97 Å². The zero-order valence-corrected chi connectivity index (χ0v) is 28.2. The van der Waals surface area contributed by atoms with Crippen molar-refractivity contribution in [1.82, 2.24) is 19.9 Å². The van der Waals surface area contributed by atoms with Gasteiger partial charge in [-0.05, 0) is 78.8 Å². The predicted octanol–water partition coefficient (Wildman–Crippen LogP) is 10.9. The van der Waals surface area contributed by atoms with E-state index in [4.69, 9.17) is 26.4 Å². The highest BCUT2D eigenvalue weighted by Crippen LogP contribution is 2.35. The summed E-state index contributed by atoms with van der Waals surface area (Å²) in [6.07, 6.45) is 23.0. The Balaban J connectivity index is 1.27. The SMILES string of the molecule is C#C/C(=C\C=C/C)c1cc(C2C=CC=CC2)nc(-c2cccc(-c3ccc(-c4cc(CC)nc5c4ccc4ccc(CC)nc45)cc3)c2)n1. The Bertz CT molecular complexity index is 2350. The molecule has 49 heavy (non-hydrogen) atoms. The summed E-state index contributed by atoms with van der Waals surface area (Å²) in [5.41, 5.74) is 12.0. The number of rotatable bonds is 8. The third-order valence-electron chi connectivity index (χ3n) is 9.12. The molecule has 0 fully saturated rings. The highest BCUT2D eigenvalue weighted by molar-refractivity contribution is 6.08. The van der Waals surface area contributed by atoms with Crippen molar-refractivity contribution in [3.05, 3.63) is 150 Å². The van der Waals surface area contributed by atoms with E-state index in [1.165, 1.54) is 5.56 Å². The second-order valence-corrected chi connectivity index (χ2v) is 12.3. The quantitative estimate of drug-likeness (QED) is 0.0950. The van der Waals surface area contributed by atoms with Gasteiger partial charge in [0.15, 0.2) is 5.82 Å². The van der Waals surface area contributed by atoms with Crippen molar-refractivity contribution >= 4 is 27.4 Å². The lowest BCUT2D eigenvalue weighted by Gasteiger charge is -2.15. The van der Waals surface area contributed by atoms with Gasteiger partial charge in [0.1, 0.15) is 0 Å². The van der Waals surface area contributed by atoms with Crippen LogP contribution in [-0.4, -0.2) is 19.9 Å². The average molecular weight is 635 g/mol. The van der Waals surface area contributed by atoms with Gasteiger partial charge in [-0.1, -0.05) is 117 Å². The van der Waals surface area contributed by atoms with Crippen molar-refractivity contribution in [3.8, 4) is 46.0 Å². The zero-order valence-electron chi connectivity index (χ0n) is 28.2. The first kappa shape index (κ1) is 31.7. The highest BCUT2D eigenvalue weighted by Gasteiger charge is 2.17. The lowest BCUT2D eigenvalue weighted by atomic mass is 9.95. The van der Waals surface area contributed by atoms with Crippen LogP contribution in [0.3, 0.4) is 0 Å². The number of benzene rings is 3. The molecule has 1 atom stereocenters. The molecule has 1 aliphatic carbocycles. The minimum Gasteiger partial charge on any atom is -0.251 e. The summed E-state index contributed by atoms with van der Waals surface area (Å²) >= 11 is 0. The third-order valence-corrected chi connectivity index (χ3v) is 9.12. The van der Waals surface area contributed by atoms with E-state index in [0.29, 0.717) is 5.82 Å². The molecule has 6 aromatic rings. The molecule has 3 heterocycles. The molecule has 0 bridgehead atoms. The Hall–Kier alpha value is -5.92. The molecule has 238 valence electrons. The van der Waals surface area contributed by atoms with Crippen LogP contribution in [0.1, 0.15) is 55.9 Å². The van der Waals surface area contributed by atoms with E-state index in [-0.39, 0.29) is 5.92 Å². The molecule has 4 nitrogen and oxygen atoms in total. The van der Waals surface area contributed by atoms with Gasteiger partial charge in [0, 0.05) is 33.6 Å². The van der Waals surface area contributed by atoms with Crippen LogP contribution >= 0.6 is 0 Å². The lowest BCUT2D eigenvalue weighted by molar-refractivity contribution is 0.809. The molecule has 0 radical (unpaired) electrons. The van der Waals surface area contributed by atoms with Crippen LogP contribution in [0, 0.1) is 12.3 Å². The molecule has 0 N–H and O–H groups in total. The normalized spacial score (nSPS) is 14.6. The monoisotopic (exact) mass is 634 g/mol. The fraction of sp³-hybridized carbons (Fsp3) is 0.156. The molecule has 3 aromatic carbocycles. The van der Waals surface area contributed by atoms with Gasteiger partial charge in [0.2, 0.25) is 0 Å². The summed E-state index contributed by atoms with van der Waals surface area (Å²) in [4.78, 5) is 20.1. The molecule has 7 rings (SSSR count). The summed E-state index contributed by atoms with van der Waals surface area (Å²) in [6.45, 7) is 6.27. The number of fused-ring (bicyclic) bond motifs is 3. The third kappa shape index (κ3) is 6.49. The number of aryl methyl sites for hydroxylation is 2. The molecule has 1 unspecified atom stereocenters. The minimum atomic E-state index is 0.168. The fourth-order valence-corrected chi connectivity index (χ4v) is 6.38. The number of aromatic nitrogens is 4. The van der Waals surface area contributed by atoms with E-state index in [1.54, 1.807) is 0 Å². The van der Waals surface area contributed by atoms with E-state index < -0.39 is 0 Å². The van der Waals surface area contributed by atoms with Crippen LogP contribution in [0.2, 0.25) is 0 Å². The lowest BCUT2D eigenvalue weighted by Crippen LogP contribution is -2.05. The number of terminal acetylenes is 1. The zero-order chi connectivity index (χ0) is 33.7. The average Bonchev–Trinajstić information content (AvgIpc) is 3.17. The van der Waals surface area contributed by atoms with Gasteiger partial charge >= 0.3 is 0 Å². The van der Waals surface area contributed by atoms with Crippen LogP contribution in [-0.2, 0) is 12.8 Å². The molecule has 0 saturated heterocycles. The summed E-state index contributed by atoms with van der Waals surface area (Å²) < 4.78 is 0. The maximum absolute atomic E-state index is 5.96. The second-order valence-electron chi connectivity index (χ2n) is 12.3. The Morgan fingerprint density at radius 2 is 1.55 bits per heavy atom. The Labute approximate surface area is 288 Å². The topological polar surface area (TPSA) is 51.6 Å². The maximum atomic E-state index is 5.96. The van der Waals surface area contributed by atoms with E-state index in [0.717, 1.165) is 91.7 Å². The van der Waals surface area contributed by atoms with Gasteiger partial charge < -0.3 is 0 Å². The molecule has 3 aromatic heterocycles. The maximum Gasteiger partial charge on any atom is 0.160 e. The van der Waals surface area contributed by atoms with E-state index >= 15 is 0 Å². The van der Waals surface area contributed by atoms with Gasteiger partial charge in [0.05, 0.1) is 28.0 Å². The molecular formula is C45H38N4. The number of allylic oxidation sites excluding steroid dienone is 8. The second kappa shape index (κ2) is 14.1. The highest BCUT2D eigenvalue weighted by atomic mass is 14.9. The van der Waals surface area contributed by atoms with E-state index in [1.807, 2.05) is 31.2 Å². The van der Waals surface area contributed by atoms with E-state index in [2.05, 4.69) is 123 Å². The Kier molecular flexibility index (Phi) is 9.08. The Morgan fingerprint density at radius 3 is 2.31 bits per heavy atom. The van der Waals surface area contributed by atoms with Crippen molar-refractivity contribution < 1.29 is 0 Å². The number of nitrogens with zero attached hydrogens (tertiary/aromatic N) is 4. The van der Waals surface area contributed by atoms with E-state index in [9.17, 15) is 0 Å². The molecule has 0 aliphatic heterocycles. The first-order valence-corrected chi connectivity index (χ1v) is 17.0. The molecule has 4 heteroatoms. The van der Waals surface area contributed by atoms with Crippen LogP contribution in [0.25, 0.3) is 61.0 Å². The summed E-state index contributed by atoms with van der Waals surface area (Å²) in [6, 6.07) is 30.1. The predicted molar refractivity (Wildman–Crippen MR) is 205 cm³/mol. The van der Waals surface area contributed by atoms with Gasteiger partial charge in [-0.15, -0.1) is 6.42 Å². The van der Waals surface area contributed by atoms with Crippen LogP contribution < -0.4 is 0 Å². The summed E-state index contributed by atoms with van der Waals surface area (Å²) in [5.74, 6) is 3.66. The largest absolute Gasteiger partial charge is 0.251 e.